The molecule has 1 aromatic rings. The highest BCUT2D eigenvalue weighted by Gasteiger charge is 2.23. The van der Waals surface area contributed by atoms with Gasteiger partial charge in [0.15, 0.2) is 16.1 Å². The van der Waals surface area contributed by atoms with Crippen molar-refractivity contribution in [2.24, 2.45) is 0 Å². The van der Waals surface area contributed by atoms with Crippen LogP contribution < -0.4 is 5.32 Å². The lowest BCUT2D eigenvalue weighted by Crippen LogP contribution is -2.23. The second-order valence-electron chi connectivity index (χ2n) is 3.85. The molecule has 1 aliphatic heterocycles. The van der Waals surface area contributed by atoms with Crippen molar-refractivity contribution in [3.63, 3.8) is 0 Å². The van der Waals surface area contributed by atoms with Crippen LogP contribution in [0.3, 0.4) is 0 Å². The number of aldehydes is 1. The Labute approximate surface area is 109 Å². The summed E-state index contributed by atoms with van der Waals surface area (Å²) in [5.74, 6) is 0.582. The van der Waals surface area contributed by atoms with Crippen LogP contribution in [-0.2, 0) is 9.84 Å². The predicted octanol–water partition coefficient (Wildman–Crippen LogP) is 0.974. The van der Waals surface area contributed by atoms with Crippen molar-refractivity contribution in [2.75, 3.05) is 11.1 Å². The molecule has 0 saturated carbocycles. The van der Waals surface area contributed by atoms with Crippen LogP contribution in [0.15, 0.2) is 11.5 Å². The Kier molecular flexibility index (Phi) is 3.36. The molecule has 1 aromatic heterocycles. The van der Waals surface area contributed by atoms with E-state index in [2.05, 4.69) is 15.3 Å². The summed E-state index contributed by atoms with van der Waals surface area (Å²) in [5, 5.41) is 4.05. The first-order valence-corrected chi connectivity index (χ1v) is 7.17. The fraction of sp³-hybridized carbons (Fsp3) is 0.300. The molecule has 2 heterocycles. The van der Waals surface area contributed by atoms with Crippen molar-refractivity contribution < 1.29 is 13.2 Å². The monoisotopic (exact) mass is 287 g/mol. The fourth-order valence-corrected chi connectivity index (χ4v) is 3.09. The summed E-state index contributed by atoms with van der Waals surface area (Å²) in [5.41, 5.74) is 0.125. The van der Waals surface area contributed by atoms with Gasteiger partial charge in [0.05, 0.1) is 17.4 Å². The van der Waals surface area contributed by atoms with Crippen LogP contribution in [0.1, 0.15) is 16.2 Å². The first kappa shape index (κ1) is 13.0. The first-order valence-electron chi connectivity index (χ1n) is 5.08. The van der Waals surface area contributed by atoms with E-state index in [1.54, 1.807) is 6.92 Å². The Morgan fingerprint density at radius 1 is 1.50 bits per heavy atom. The summed E-state index contributed by atoms with van der Waals surface area (Å²) in [7, 11) is -3.16. The zero-order valence-electron chi connectivity index (χ0n) is 9.42. The molecular formula is C10H10ClN3O3S. The number of anilines is 1. The Morgan fingerprint density at radius 2 is 2.22 bits per heavy atom. The van der Waals surface area contributed by atoms with E-state index >= 15 is 0 Å². The highest BCUT2D eigenvalue weighted by Crippen LogP contribution is 2.21. The molecule has 96 valence electrons. The molecule has 0 amide bonds. The largest absolute Gasteiger partial charge is 0.362 e. The topological polar surface area (TPSA) is 89.0 Å². The van der Waals surface area contributed by atoms with Gasteiger partial charge in [0.2, 0.25) is 0 Å². The van der Waals surface area contributed by atoms with Gasteiger partial charge >= 0.3 is 0 Å². The van der Waals surface area contributed by atoms with Gasteiger partial charge in [-0.1, -0.05) is 11.6 Å². The number of carbonyl (C=O) groups excluding carboxylic acids is 1. The molecule has 0 saturated heterocycles. The van der Waals surface area contributed by atoms with E-state index in [0.29, 0.717) is 12.1 Å². The van der Waals surface area contributed by atoms with Gasteiger partial charge < -0.3 is 5.32 Å². The standard InChI is InChI=1S/C10H10ClN3O3S/c1-6-12-9(11)8(4-15)10(13-6)14-7-2-3-18(16,17)5-7/h2-4,7H,5H2,1H3,(H,12,13,14). The molecular weight excluding hydrogens is 278 g/mol. The lowest BCUT2D eigenvalue weighted by atomic mass is 10.3. The predicted molar refractivity (Wildman–Crippen MR) is 67.5 cm³/mol. The number of sulfone groups is 1. The Bertz CT molecular complexity index is 628. The average molecular weight is 288 g/mol. The molecule has 8 heteroatoms. The van der Waals surface area contributed by atoms with Gasteiger partial charge in [-0.25, -0.2) is 18.4 Å². The van der Waals surface area contributed by atoms with E-state index in [1.165, 1.54) is 6.08 Å². The molecule has 0 aromatic carbocycles. The van der Waals surface area contributed by atoms with Crippen molar-refractivity contribution in [1.82, 2.24) is 9.97 Å². The van der Waals surface area contributed by atoms with E-state index in [4.69, 9.17) is 11.6 Å². The molecule has 0 spiro atoms. The molecule has 6 nitrogen and oxygen atoms in total. The lowest BCUT2D eigenvalue weighted by molar-refractivity contribution is 0.112. The van der Waals surface area contributed by atoms with Crippen molar-refractivity contribution in [3.05, 3.63) is 28.0 Å². The maximum atomic E-state index is 11.3. The maximum absolute atomic E-state index is 11.3. The molecule has 0 fully saturated rings. The highest BCUT2D eigenvalue weighted by atomic mass is 35.5. The van der Waals surface area contributed by atoms with Crippen molar-refractivity contribution in [3.8, 4) is 0 Å². The minimum absolute atomic E-state index is 0.0461. The van der Waals surface area contributed by atoms with Gasteiger partial charge in [0.1, 0.15) is 16.8 Å². The molecule has 0 bridgehead atoms. The number of rotatable bonds is 3. The molecule has 18 heavy (non-hydrogen) atoms. The Balaban J connectivity index is 2.30. The quantitative estimate of drug-likeness (QED) is 0.658. The molecule has 1 atom stereocenters. The Morgan fingerprint density at radius 3 is 2.78 bits per heavy atom. The minimum Gasteiger partial charge on any atom is -0.362 e. The fourth-order valence-electron chi connectivity index (χ4n) is 1.60. The second-order valence-corrected chi connectivity index (χ2v) is 6.14. The maximum Gasteiger partial charge on any atom is 0.173 e. The van der Waals surface area contributed by atoms with Crippen molar-refractivity contribution >= 4 is 33.5 Å². The lowest BCUT2D eigenvalue weighted by Gasteiger charge is -2.13. The van der Waals surface area contributed by atoms with E-state index in [9.17, 15) is 13.2 Å². The smallest absolute Gasteiger partial charge is 0.173 e. The number of nitrogens with one attached hydrogen (secondary N) is 1. The summed E-state index contributed by atoms with van der Waals surface area (Å²) in [6.45, 7) is 1.63. The van der Waals surface area contributed by atoms with Gasteiger partial charge in [0, 0.05) is 5.41 Å². The van der Waals surface area contributed by atoms with Gasteiger partial charge in [-0.15, -0.1) is 0 Å². The van der Waals surface area contributed by atoms with Gasteiger partial charge in [0.25, 0.3) is 0 Å². The SMILES string of the molecule is Cc1nc(Cl)c(C=O)c(NC2C=CS(=O)(=O)C2)n1. The minimum atomic E-state index is -3.16. The molecule has 0 radical (unpaired) electrons. The first-order chi connectivity index (χ1) is 8.41. The average Bonchev–Trinajstić information content (AvgIpc) is 2.57. The van der Waals surface area contributed by atoms with Gasteiger partial charge in [-0.3, -0.25) is 4.79 Å². The summed E-state index contributed by atoms with van der Waals surface area (Å²) in [4.78, 5) is 18.8. The summed E-state index contributed by atoms with van der Waals surface area (Å²) in [6.07, 6.45) is 2.05. The number of nitrogens with zero attached hydrogens (tertiary/aromatic N) is 2. The zero-order chi connectivity index (χ0) is 13.3. The molecule has 1 aliphatic rings. The van der Waals surface area contributed by atoms with Crippen molar-refractivity contribution in [1.29, 1.82) is 0 Å². The number of aromatic nitrogens is 2. The van der Waals surface area contributed by atoms with Crippen molar-refractivity contribution in [2.45, 2.75) is 13.0 Å². The highest BCUT2D eigenvalue weighted by molar-refractivity contribution is 7.94. The summed E-state index contributed by atoms with van der Waals surface area (Å²) in [6, 6.07) is -0.418. The van der Waals surface area contributed by atoms with Crippen LogP contribution in [0.2, 0.25) is 5.15 Å². The van der Waals surface area contributed by atoms with Crippen LogP contribution in [0.4, 0.5) is 5.82 Å². The molecule has 1 N–H and O–H groups in total. The number of aryl methyl sites for hydroxylation is 1. The second kappa shape index (κ2) is 4.66. The van der Waals surface area contributed by atoms with Crippen LogP contribution in [-0.4, -0.2) is 36.5 Å². The molecule has 1 unspecified atom stereocenters. The van der Waals surface area contributed by atoms with Gasteiger partial charge in [-0.05, 0) is 13.0 Å². The zero-order valence-corrected chi connectivity index (χ0v) is 11.0. The molecule has 0 aliphatic carbocycles. The van der Waals surface area contributed by atoms with Gasteiger partial charge in [-0.2, -0.15) is 0 Å². The summed E-state index contributed by atoms with van der Waals surface area (Å²) >= 11 is 5.82. The number of hydrogen-bond acceptors (Lipinski definition) is 6. The van der Waals surface area contributed by atoms with E-state index < -0.39 is 15.9 Å². The van der Waals surface area contributed by atoms with E-state index in [0.717, 1.165) is 5.41 Å². The van der Waals surface area contributed by atoms with E-state index in [-0.39, 0.29) is 22.3 Å². The number of halogens is 1. The third-order valence-electron chi connectivity index (χ3n) is 2.38. The third kappa shape index (κ3) is 2.68. The van der Waals surface area contributed by atoms with Crippen LogP contribution in [0.5, 0.6) is 0 Å². The van der Waals surface area contributed by atoms with E-state index in [1.807, 2.05) is 0 Å². The molecule has 2 rings (SSSR count). The summed E-state index contributed by atoms with van der Waals surface area (Å²) < 4.78 is 22.5. The third-order valence-corrected chi connectivity index (χ3v) is 4.06. The number of carbonyl (C=O) groups is 1. The number of hydrogen-bond donors (Lipinski definition) is 1. The normalized spacial score (nSPS) is 20.9. The van der Waals surface area contributed by atoms with Crippen LogP contribution in [0, 0.1) is 6.92 Å². The van der Waals surface area contributed by atoms with Crippen LogP contribution >= 0.6 is 11.6 Å². The Hall–Kier alpha value is -1.47. The van der Waals surface area contributed by atoms with Crippen LogP contribution in [0.25, 0.3) is 0 Å².